The highest BCUT2D eigenvalue weighted by Gasteiger charge is 2.20. The van der Waals surface area contributed by atoms with Crippen molar-refractivity contribution >= 4 is 29.2 Å². The molecule has 1 aromatic rings. The first kappa shape index (κ1) is 13.9. The molecule has 18 heavy (non-hydrogen) atoms. The van der Waals surface area contributed by atoms with Crippen molar-refractivity contribution in [2.75, 3.05) is 0 Å². The summed E-state index contributed by atoms with van der Waals surface area (Å²) in [6.45, 7) is 1.30. The zero-order chi connectivity index (χ0) is 13.9. The number of nitro benzene ring substituents is 1. The third-order valence-corrected chi connectivity index (χ3v) is 2.38. The number of nitro groups is 1. The van der Waals surface area contributed by atoms with Gasteiger partial charge in [0.2, 0.25) is 0 Å². The minimum atomic E-state index is -1.12. The van der Waals surface area contributed by atoms with E-state index >= 15 is 0 Å². The van der Waals surface area contributed by atoms with Crippen LogP contribution in [-0.4, -0.2) is 22.9 Å². The lowest BCUT2D eigenvalue weighted by Crippen LogP contribution is -2.30. The molecule has 0 unspecified atom stereocenters. The summed E-state index contributed by atoms with van der Waals surface area (Å²) in [4.78, 5) is 32.2. The Morgan fingerprint density at radius 1 is 1.50 bits per heavy atom. The molecule has 2 N–H and O–H groups in total. The van der Waals surface area contributed by atoms with Gasteiger partial charge in [-0.15, -0.1) is 0 Å². The number of rotatable bonds is 4. The normalized spacial score (nSPS) is 11.7. The largest absolute Gasteiger partial charge is 0.449 e. The lowest BCUT2D eigenvalue weighted by Gasteiger charge is -2.09. The number of nitrogens with two attached hydrogens (primary N) is 1. The number of carbonyl (C=O) groups excluding carboxylic acids is 2. The summed E-state index contributed by atoms with van der Waals surface area (Å²) in [6.07, 6.45) is -1.12. The van der Waals surface area contributed by atoms with E-state index in [-0.39, 0.29) is 10.6 Å². The summed E-state index contributed by atoms with van der Waals surface area (Å²) in [5.41, 5.74) is 4.42. The molecule has 0 radical (unpaired) electrons. The molecule has 1 atom stereocenters. The number of benzene rings is 1. The summed E-state index contributed by atoms with van der Waals surface area (Å²) < 4.78 is 4.69. The average Bonchev–Trinajstić information content (AvgIpc) is 2.28. The number of esters is 1. The second-order valence-corrected chi connectivity index (χ2v) is 3.78. The van der Waals surface area contributed by atoms with Gasteiger partial charge in [-0.3, -0.25) is 14.9 Å². The molecule has 0 aliphatic rings. The number of halogens is 1. The Morgan fingerprint density at radius 3 is 2.61 bits per heavy atom. The highest BCUT2D eigenvalue weighted by atomic mass is 35.5. The maximum Gasteiger partial charge on any atom is 0.339 e. The molecule has 0 fully saturated rings. The molecule has 0 aromatic heterocycles. The highest BCUT2D eigenvalue weighted by molar-refractivity contribution is 6.32. The first-order chi connectivity index (χ1) is 8.32. The van der Waals surface area contributed by atoms with Gasteiger partial charge in [-0.25, -0.2) is 4.79 Å². The van der Waals surface area contributed by atoms with Gasteiger partial charge < -0.3 is 10.5 Å². The lowest BCUT2D eigenvalue weighted by atomic mass is 10.2. The van der Waals surface area contributed by atoms with Gasteiger partial charge in [0.25, 0.3) is 11.6 Å². The van der Waals surface area contributed by atoms with E-state index in [9.17, 15) is 19.7 Å². The van der Waals surface area contributed by atoms with Crippen molar-refractivity contribution in [3.8, 4) is 0 Å². The van der Waals surface area contributed by atoms with Crippen LogP contribution in [0.1, 0.15) is 17.3 Å². The van der Waals surface area contributed by atoms with E-state index < -0.39 is 28.6 Å². The van der Waals surface area contributed by atoms with Crippen LogP contribution in [0.2, 0.25) is 5.02 Å². The van der Waals surface area contributed by atoms with Gasteiger partial charge in [0.1, 0.15) is 5.02 Å². The molecular weight excluding hydrogens is 264 g/mol. The standard InChI is InChI=1S/C10H9ClN2O5/c1-5(9(12)14)18-10(15)6-2-3-7(11)8(4-6)13(16)17/h2-5H,1H3,(H2,12,14)/t5-/m0/s1. The fraction of sp³-hybridized carbons (Fsp3) is 0.200. The van der Waals surface area contributed by atoms with Crippen molar-refractivity contribution in [1.29, 1.82) is 0 Å². The van der Waals surface area contributed by atoms with Crippen molar-refractivity contribution in [1.82, 2.24) is 0 Å². The van der Waals surface area contributed by atoms with Crippen molar-refractivity contribution in [2.45, 2.75) is 13.0 Å². The third-order valence-electron chi connectivity index (χ3n) is 2.06. The minimum absolute atomic E-state index is 0.0841. The number of amides is 1. The zero-order valence-electron chi connectivity index (χ0n) is 9.25. The van der Waals surface area contributed by atoms with Crippen LogP contribution in [0.4, 0.5) is 5.69 Å². The van der Waals surface area contributed by atoms with Crippen LogP contribution in [0.5, 0.6) is 0 Å². The maximum atomic E-state index is 11.5. The van der Waals surface area contributed by atoms with E-state index in [0.717, 1.165) is 6.07 Å². The van der Waals surface area contributed by atoms with Gasteiger partial charge in [-0.05, 0) is 19.1 Å². The number of hydrogen-bond donors (Lipinski definition) is 1. The van der Waals surface area contributed by atoms with Gasteiger partial charge >= 0.3 is 5.97 Å². The van der Waals surface area contributed by atoms with Gasteiger partial charge in [0.05, 0.1) is 10.5 Å². The number of carbonyl (C=O) groups is 2. The van der Waals surface area contributed by atoms with Crippen molar-refractivity contribution in [3.63, 3.8) is 0 Å². The van der Waals surface area contributed by atoms with E-state index in [1.165, 1.54) is 19.1 Å². The summed E-state index contributed by atoms with van der Waals surface area (Å²) in [7, 11) is 0. The molecule has 96 valence electrons. The molecule has 1 rings (SSSR count). The number of primary amides is 1. The molecule has 1 amide bonds. The number of nitrogens with zero attached hydrogens (tertiary/aromatic N) is 1. The Bertz CT molecular complexity index is 517. The number of hydrogen-bond acceptors (Lipinski definition) is 5. The fourth-order valence-electron chi connectivity index (χ4n) is 1.07. The van der Waals surface area contributed by atoms with Crippen LogP contribution in [-0.2, 0) is 9.53 Å². The highest BCUT2D eigenvalue weighted by Crippen LogP contribution is 2.25. The molecule has 0 aliphatic heterocycles. The van der Waals surface area contributed by atoms with Gasteiger partial charge in [-0.1, -0.05) is 11.6 Å². The lowest BCUT2D eigenvalue weighted by molar-refractivity contribution is -0.384. The van der Waals surface area contributed by atoms with Crippen molar-refractivity contribution in [3.05, 3.63) is 38.9 Å². The summed E-state index contributed by atoms with van der Waals surface area (Å²) in [6, 6.07) is 3.43. The predicted octanol–water partition coefficient (Wildman–Crippen LogP) is 1.28. The fourth-order valence-corrected chi connectivity index (χ4v) is 1.25. The molecule has 7 nitrogen and oxygen atoms in total. The van der Waals surface area contributed by atoms with E-state index in [1.807, 2.05) is 0 Å². The summed E-state index contributed by atoms with van der Waals surface area (Å²) in [5, 5.41) is 10.5. The molecule has 8 heteroatoms. The predicted molar refractivity (Wildman–Crippen MR) is 62.2 cm³/mol. The van der Waals surface area contributed by atoms with Gasteiger partial charge in [0.15, 0.2) is 6.10 Å². The third kappa shape index (κ3) is 3.17. The van der Waals surface area contributed by atoms with Crippen LogP contribution in [0.3, 0.4) is 0 Å². The minimum Gasteiger partial charge on any atom is -0.449 e. The number of ether oxygens (including phenoxy) is 1. The van der Waals surface area contributed by atoms with Crippen LogP contribution in [0, 0.1) is 10.1 Å². The van der Waals surface area contributed by atoms with E-state index in [0.29, 0.717) is 0 Å². The molecule has 0 spiro atoms. The first-order valence-corrected chi connectivity index (χ1v) is 5.15. The first-order valence-electron chi connectivity index (χ1n) is 4.77. The summed E-state index contributed by atoms with van der Waals surface area (Å²) in [5.74, 6) is -1.70. The van der Waals surface area contributed by atoms with Gasteiger partial charge in [0, 0.05) is 6.07 Å². The molecule has 0 heterocycles. The Balaban J connectivity index is 2.97. The van der Waals surface area contributed by atoms with Crippen LogP contribution < -0.4 is 5.73 Å². The molecular formula is C10H9ClN2O5. The smallest absolute Gasteiger partial charge is 0.339 e. The Hall–Kier alpha value is -2.15. The summed E-state index contributed by atoms with van der Waals surface area (Å²) >= 11 is 5.58. The quantitative estimate of drug-likeness (QED) is 0.504. The SMILES string of the molecule is C[C@H](OC(=O)c1ccc(Cl)c([N+](=O)[O-])c1)C(N)=O. The van der Waals surface area contributed by atoms with Crippen LogP contribution in [0.15, 0.2) is 18.2 Å². The Labute approximate surface area is 107 Å². The van der Waals surface area contributed by atoms with Crippen LogP contribution >= 0.6 is 11.6 Å². The van der Waals surface area contributed by atoms with E-state index in [1.54, 1.807) is 0 Å². The van der Waals surface area contributed by atoms with E-state index in [2.05, 4.69) is 0 Å². The van der Waals surface area contributed by atoms with Crippen molar-refractivity contribution < 1.29 is 19.2 Å². The molecule has 0 bridgehead atoms. The topological polar surface area (TPSA) is 113 Å². The molecule has 0 aliphatic carbocycles. The second kappa shape index (κ2) is 5.46. The Kier molecular flexibility index (Phi) is 4.22. The van der Waals surface area contributed by atoms with Crippen LogP contribution in [0.25, 0.3) is 0 Å². The molecule has 1 aromatic carbocycles. The average molecular weight is 273 g/mol. The van der Waals surface area contributed by atoms with Crippen molar-refractivity contribution in [2.24, 2.45) is 5.73 Å². The Morgan fingerprint density at radius 2 is 2.11 bits per heavy atom. The van der Waals surface area contributed by atoms with Gasteiger partial charge in [-0.2, -0.15) is 0 Å². The monoisotopic (exact) mass is 272 g/mol. The molecule has 0 saturated carbocycles. The maximum absolute atomic E-state index is 11.5. The second-order valence-electron chi connectivity index (χ2n) is 3.37. The zero-order valence-corrected chi connectivity index (χ0v) is 10.0. The van der Waals surface area contributed by atoms with E-state index in [4.69, 9.17) is 22.1 Å². The molecule has 0 saturated heterocycles.